The van der Waals surface area contributed by atoms with Crippen LogP contribution in [0.25, 0.3) is 0 Å². The maximum absolute atomic E-state index is 10.7. The van der Waals surface area contributed by atoms with Gasteiger partial charge in [0.15, 0.2) is 6.39 Å². The third kappa shape index (κ3) is 2.88. The Morgan fingerprint density at radius 1 is 1.44 bits per heavy atom. The first-order chi connectivity index (χ1) is 8.66. The standard InChI is InChI=1S/C13H13NO4/c1-9-11(14-8-18-9)7-17-12-5-3-2-4-10(12)6-13(15)16/h2-5,8H,6-7H2,1H3,(H,15,16). The average Bonchev–Trinajstić information content (AvgIpc) is 2.73. The number of para-hydroxylation sites is 1. The molecule has 1 heterocycles. The molecule has 2 aromatic rings. The molecule has 0 atom stereocenters. The van der Waals surface area contributed by atoms with E-state index in [1.807, 2.05) is 0 Å². The minimum Gasteiger partial charge on any atom is -0.487 e. The zero-order valence-corrected chi connectivity index (χ0v) is 9.92. The summed E-state index contributed by atoms with van der Waals surface area (Å²) in [4.78, 5) is 14.7. The van der Waals surface area contributed by atoms with Crippen LogP contribution in [0, 0.1) is 6.92 Å². The molecule has 0 spiro atoms. The Morgan fingerprint density at radius 2 is 2.22 bits per heavy atom. The van der Waals surface area contributed by atoms with E-state index in [1.165, 1.54) is 6.39 Å². The summed E-state index contributed by atoms with van der Waals surface area (Å²) in [6.45, 7) is 2.06. The number of hydrogen-bond donors (Lipinski definition) is 1. The lowest BCUT2D eigenvalue weighted by atomic mass is 10.1. The van der Waals surface area contributed by atoms with Gasteiger partial charge in [-0.05, 0) is 13.0 Å². The van der Waals surface area contributed by atoms with Gasteiger partial charge in [-0.2, -0.15) is 0 Å². The molecule has 0 saturated heterocycles. The summed E-state index contributed by atoms with van der Waals surface area (Å²) in [7, 11) is 0. The van der Waals surface area contributed by atoms with Crippen molar-refractivity contribution in [3.8, 4) is 5.75 Å². The first-order valence-electron chi connectivity index (χ1n) is 5.48. The maximum Gasteiger partial charge on any atom is 0.307 e. The third-order valence-electron chi connectivity index (χ3n) is 2.52. The van der Waals surface area contributed by atoms with Gasteiger partial charge in [-0.15, -0.1) is 0 Å². The van der Waals surface area contributed by atoms with E-state index in [2.05, 4.69) is 4.98 Å². The van der Waals surface area contributed by atoms with Crippen LogP contribution in [-0.2, 0) is 17.8 Å². The largest absolute Gasteiger partial charge is 0.487 e. The molecule has 94 valence electrons. The molecule has 0 bridgehead atoms. The molecule has 0 unspecified atom stereocenters. The molecule has 1 aromatic heterocycles. The van der Waals surface area contributed by atoms with Crippen molar-refractivity contribution in [1.82, 2.24) is 4.98 Å². The summed E-state index contributed by atoms with van der Waals surface area (Å²) < 4.78 is 10.6. The molecule has 0 aliphatic rings. The molecule has 0 fully saturated rings. The van der Waals surface area contributed by atoms with Crippen LogP contribution >= 0.6 is 0 Å². The molecule has 18 heavy (non-hydrogen) atoms. The fraction of sp³-hybridized carbons (Fsp3) is 0.231. The van der Waals surface area contributed by atoms with Crippen LogP contribution in [0.4, 0.5) is 0 Å². The number of nitrogens with zero attached hydrogens (tertiary/aromatic N) is 1. The molecule has 5 nitrogen and oxygen atoms in total. The second-order valence-electron chi connectivity index (χ2n) is 3.82. The van der Waals surface area contributed by atoms with Gasteiger partial charge in [0.2, 0.25) is 0 Å². The first-order valence-corrected chi connectivity index (χ1v) is 5.48. The molecule has 0 aliphatic heterocycles. The zero-order chi connectivity index (χ0) is 13.0. The SMILES string of the molecule is Cc1ocnc1COc1ccccc1CC(=O)O. The van der Waals surface area contributed by atoms with E-state index < -0.39 is 5.97 Å². The summed E-state index contributed by atoms with van der Waals surface area (Å²) in [5.74, 6) is 0.372. The second kappa shape index (κ2) is 5.35. The number of ether oxygens (including phenoxy) is 1. The molecular formula is C13H13NO4. The quantitative estimate of drug-likeness (QED) is 0.876. The second-order valence-corrected chi connectivity index (χ2v) is 3.82. The minimum atomic E-state index is -0.885. The number of rotatable bonds is 5. The molecule has 0 saturated carbocycles. The topological polar surface area (TPSA) is 72.6 Å². The van der Waals surface area contributed by atoms with Crippen LogP contribution in [-0.4, -0.2) is 16.1 Å². The Hall–Kier alpha value is -2.30. The lowest BCUT2D eigenvalue weighted by Crippen LogP contribution is -2.04. The summed E-state index contributed by atoms with van der Waals surface area (Å²) >= 11 is 0. The highest BCUT2D eigenvalue weighted by Gasteiger charge is 2.09. The number of aryl methyl sites for hydroxylation is 1. The monoisotopic (exact) mass is 247 g/mol. The van der Waals surface area contributed by atoms with Crippen LogP contribution < -0.4 is 4.74 Å². The summed E-state index contributed by atoms with van der Waals surface area (Å²) in [5, 5.41) is 8.80. The molecule has 5 heteroatoms. The summed E-state index contributed by atoms with van der Waals surface area (Å²) in [6, 6.07) is 7.07. The molecule has 0 aliphatic carbocycles. The van der Waals surface area contributed by atoms with Crippen molar-refractivity contribution in [3.63, 3.8) is 0 Å². The van der Waals surface area contributed by atoms with Crippen LogP contribution in [0.5, 0.6) is 5.75 Å². The van der Waals surface area contributed by atoms with E-state index in [0.717, 1.165) is 0 Å². The van der Waals surface area contributed by atoms with Crippen molar-refractivity contribution in [2.24, 2.45) is 0 Å². The van der Waals surface area contributed by atoms with Gasteiger partial charge in [0, 0.05) is 5.56 Å². The molecule has 2 rings (SSSR count). The maximum atomic E-state index is 10.7. The van der Waals surface area contributed by atoms with Gasteiger partial charge in [0.1, 0.15) is 23.8 Å². The van der Waals surface area contributed by atoms with Gasteiger partial charge >= 0.3 is 5.97 Å². The molecular weight excluding hydrogens is 234 g/mol. The van der Waals surface area contributed by atoms with Crippen LogP contribution in [0.2, 0.25) is 0 Å². The van der Waals surface area contributed by atoms with Gasteiger partial charge in [0.25, 0.3) is 0 Å². The lowest BCUT2D eigenvalue weighted by Gasteiger charge is -2.09. The molecule has 1 aromatic carbocycles. The molecule has 0 radical (unpaired) electrons. The first kappa shape index (κ1) is 12.2. The number of hydrogen-bond acceptors (Lipinski definition) is 4. The zero-order valence-electron chi connectivity index (χ0n) is 9.92. The fourth-order valence-corrected chi connectivity index (χ4v) is 1.57. The van der Waals surface area contributed by atoms with Gasteiger partial charge in [-0.3, -0.25) is 4.79 Å². The number of carboxylic acid groups (broad SMARTS) is 1. The Kier molecular flexibility index (Phi) is 3.62. The van der Waals surface area contributed by atoms with E-state index in [-0.39, 0.29) is 13.0 Å². The van der Waals surface area contributed by atoms with Crippen LogP contribution in [0.3, 0.4) is 0 Å². The van der Waals surface area contributed by atoms with E-state index in [4.69, 9.17) is 14.3 Å². The smallest absolute Gasteiger partial charge is 0.307 e. The predicted octanol–water partition coefficient (Wildman–Crippen LogP) is 2.19. The third-order valence-corrected chi connectivity index (χ3v) is 2.52. The Morgan fingerprint density at radius 3 is 2.89 bits per heavy atom. The van der Waals surface area contributed by atoms with Gasteiger partial charge < -0.3 is 14.3 Å². The predicted molar refractivity (Wildman–Crippen MR) is 63.4 cm³/mol. The lowest BCUT2D eigenvalue weighted by molar-refractivity contribution is -0.136. The van der Waals surface area contributed by atoms with Gasteiger partial charge in [-0.25, -0.2) is 4.98 Å². The normalized spacial score (nSPS) is 10.3. The van der Waals surface area contributed by atoms with E-state index in [9.17, 15) is 4.79 Å². The Labute approximate surface area is 104 Å². The number of carbonyl (C=O) groups is 1. The van der Waals surface area contributed by atoms with Crippen LogP contribution in [0.1, 0.15) is 17.0 Å². The fourth-order valence-electron chi connectivity index (χ4n) is 1.57. The van der Waals surface area contributed by atoms with E-state index in [0.29, 0.717) is 22.8 Å². The van der Waals surface area contributed by atoms with Crippen molar-refractivity contribution in [3.05, 3.63) is 47.7 Å². The highest BCUT2D eigenvalue weighted by Crippen LogP contribution is 2.20. The number of aliphatic carboxylic acids is 1. The van der Waals surface area contributed by atoms with Crippen molar-refractivity contribution in [2.75, 3.05) is 0 Å². The van der Waals surface area contributed by atoms with Crippen molar-refractivity contribution in [2.45, 2.75) is 20.0 Å². The highest BCUT2D eigenvalue weighted by molar-refractivity contribution is 5.71. The number of aromatic nitrogens is 1. The van der Waals surface area contributed by atoms with Gasteiger partial charge in [0.05, 0.1) is 6.42 Å². The van der Waals surface area contributed by atoms with Crippen LogP contribution in [0.15, 0.2) is 35.1 Å². The van der Waals surface area contributed by atoms with Gasteiger partial charge in [-0.1, -0.05) is 18.2 Å². The van der Waals surface area contributed by atoms with Crippen molar-refractivity contribution in [1.29, 1.82) is 0 Å². The number of benzene rings is 1. The summed E-state index contributed by atoms with van der Waals surface area (Å²) in [6.07, 6.45) is 1.30. The highest BCUT2D eigenvalue weighted by atomic mass is 16.5. The Bertz CT molecular complexity index is 547. The van der Waals surface area contributed by atoms with Crippen molar-refractivity contribution < 1.29 is 19.1 Å². The number of oxazole rings is 1. The molecule has 0 amide bonds. The van der Waals surface area contributed by atoms with E-state index >= 15 is 0 Å². The number of carboxylic acids is 1. The molecule has 1 N–H and O–H groups in total. The summed E-state index contributed by atoms with van der Waals surface area (Å²) in [5.41, 5.74) is 1.35. The van der Waals surface area contributed by atoms with E-state index in [1.54, 1.807) is 31.2 Å². The minimum absolute atomic E-state index is 0.0615. The van der Waals surface area contributed by atoms with Crippen molar-refractivity contribution >= 4 is 5.97 Å². The Balaban J connectivity index is 2.09. The average molecular weight is 247 g/mol.